The third kappa shape index (κ3) is 2.04. The highest BCUT2D eigenvalue weighted by molar-refractivity contribution is 7.86. The largest absolute Gasteiger partial charge is 0.506 e. The van der Waals surface area contributed by atoms with Crippen LogP contribution < -0.4 is 0 Å². The van der Waals surface area contributed by atoms with Crippen LogP contribution in [0, 0.1) is 0 Å². The zero-order valence-corrected chi connectivity index (χ0v) is 10.3. The van der Waals surface area contributed by atoms with E-state index >= 15 is 0 Å². The Bertz CT molecular complexity index is 755. The second-order valence-corrected chi connectivity index (χ2v) is 5.19. The van der Waals surface area contributed by atoms with Crippen LogP contribution in [0.1, 0.15) is 10.4 Å². The van der Waals surface area contributed by atoms with Crippen molar-refractivity contribution in [2.75, 3.05) is 0 Å². The number of carbonyl (C=O) groups excluding carboxylic acids is 1. The van der Waals surface area contributed by atoms with Gasteiger partial charge in [-0.1, -0.05) is 24.3 Å². The lowest BCUT2D eigenvalue weighted by Gasteiger charge is -2.08. The number of hydrogen-bond acceptors (Lipinski definition) is 4. The van der Waals surface area contributed by atoms with E-state index in [4.69, 9.17) is 11.6 Å². The predicted molar refractivity (Wildman–Crippen MR) is 64.1 cm³/mol. The first kappa shape index (κ1) is 12.8. The van der Waals surface area contributed by atoms with Gasteiger partial charge in [0.05, 0.1) is 5.56 Å². The highest BCUT2D eigenvalue weighted by atomic mass is 35.5. The van der Waals surface area contributed by atoms with Crippen molar-refractivity contribution in [3.05, 3.63) is 35.9 Å². The molecule has 0 aliphatic rings. The molecule has 2 aromatic carbocycles. The van der Waals surface area contributed by atoms with Crippen LogP contribution in [0.2, 0.25) is 0 Å². The molecule has 2 rings (SSSR count). The fourth-order valence-corrected chi connectivity index (χ4v) is 2.52. The molecule has 0 amide bonds. The molecule has 2 aromatic rings. The van der Waals surface area contributed by atoms with E-state index < -0.39 is 31.7 Å². The Hall–Kier alpha value is -1.66. The highest BCUT2D eigenvalue weighted by Crippen LogP contribution is 2.35. The third-order valence-corrected chi connectivity index (χ3v) is 3.52. The van der Waals surface area contributed by atoms with Crippen LogP contribution in [0.5, 0.6) is 5.75 Å². The Morgan fingerprint density at radius 1 is 1.22 bits per heavy atom. The van der Waals surface area contributed by atoms with Crippen molar-refractivity contribution in [2.24, 2.45) is 0 Å². The van der Waals surface area contributed by atoms with Crippen LogP contribution >= 0.6 is 11.6 Å². The van der Waals surface area contributed by atoms with Crippen LogP contribution in [-0.4, -0.2) is 18.8 Å². The molecule has 0 saturated carbocycles. The zero-order valence-electron chi connectivity index (χ0n) is 8.72. The molecular weight excluding hydrogens is 283 g/mol. The van der Waals surface area contributed by atoms with E-state index in [0.717, 1.165) is 6.07 Å². The lowest BCUT2D eigenvalue weighted by Crippen LogP contribution is -1.99. The minimum absolute atomic E-state index is 0.0147. The third-order valence-electron chi connectivity index (χ3n) is 2.45. The average molecular weight is 289 g/mol. The number of fused-ring (bicyclic) bond motifs is 1. The number of rotatable bonds is 2. The van der Waals surface area contributed by atoms with Crippen LogP contribution in [0.25, 0.3) is 10.8 Å². The van der Waals surface area contributed by atoms with E-state index in [2.05, 4.69) is 0 Å². The maximum Gasteiger partial charge on any atom is 0.332 e. The first-order chi connectivity index (χ1) is 8.32. The summed E-state index contributed by atoms with van der Waals surface area (Å²) in [6, 6.07) is 6.41. The molecule has 0 unspecified atom stereocenters. The maximum absolute atomic E-state index is 13.2. The van der Waals surface area contributed by atoms with Gasteiger partial charge in [0.15, 0.2) is 0 Å². The molecule has 0 bridgehead atoms. The van der Waals surface area contributed by atoms with Crippen molar-refractivity contribution in [3.63, 3.8) is 0 Å². The Morgan fingerprint density at radius 2 is 1.78 bits per heavy atom. The lowest BCUT2D eigenvalue weighted by molar-refractivity contribution is 0.107. The molecule has 0 aliphatic carbocycles. The molecule has 4 nitrogen and oxygen atoms in total. The average Bonchev–Trinajstić information content (AvgIpc) is 2.27. The van der Waals surface area contributed by atoms with E-state index in [1.54, 1.807) is 0 Å². The summed E-state index contributed by atoms with van der Waals surface area (Å²) >= 11 is 5.21. The lowest BCUT2D eigenvalue weighted by atomic mass is 10.1. The molecular formula is C11H6ClFO4S. The summed E-state index contributed by atoms with van der Waals surface area (Å²) in [5.74, 6) is -0.474. The van der Waals surface area contributed by atoms with E-state index in [-0.39, 0.29) is 10.8 Å². The molecule has 1 N–H and O–H groups in total. The minimum Gasteiger partial charge on any atom is -0.506 e. The van der Waals surface area contributed by atoms with Crippen molar-refractivity contribution in [2.45, 2.75) is 4.90 Å². The Kier molecular flexibility index (Phi) is 3.00. The number of aromatic hydroxyl groups is 1. The molecule has 0 saturated heterocycles. The number of hydrogen-bond donors (Lipinski definition) is 1. The smallest absolute Gasteiger partial charge is 0.332 e. The van der Waals surface area contributed by atoms with Gasteiger partial charge in [-0.3, -0.25) is 4.79 Å². The van der Waals surface area contributed by atoms with Gasteiger partial charge in [-0.15, -0.1) is 3.89 Å². The Balaban J connectivity index is 3.03. The molecule has 0 spiro atoms. The van der Waals surface area contributed by atoms with Gasteiger partial charge in [0.2, 0.25) is 0 Å². The van der Waals surface area contributed by atoms with Gasteiger partial charge in [-0.2, -0.15) is 8.42 Å². The van der Waals surface area contributed by atoms with E-state index in [9.17, 15) is 22.2 Å². The first-order valence-electron chi connectivity index (χ1n) is 4.71. The van der Waals surface area contributed by atoms with Gasteiger partial charge in [0.1, 0.15) is 10.6 Å². The molecule has 7 heteroatoms. The van der Waals surface area contributed by atoms with Crippen LogP contribution in [0.3, 0.4) is 0 Å². The van der Waals surface area contributed by atoms with E-state index in [1.165, 1.54) is 24.3 Å². The van der Waals surface area contributed by atoms with Crippen molar-refractivity contribution in [1.29, 1.82) is 0 Å². The van der Waals surface area contributed by atoms with Crippen molar-refractivity contribution in [1.82, 2.24) is 0 Å². The van der Waals surface area contributed by atoms with Crippen molar-refractivity contribution >= 4 is 37.8 Å². The fraction of sp³-hybridized carbons (Fsp3) is 0. The molecule has 0 atom stereocenters. The number of phenolic OH excluding ortho intramolecular Hbond substituents is 1. The SMILES string of the molecule is O=C(Cl)c1cc(S(=O)(=O)F)c2ccccc2c1O. The summed E-state index contributed by atoms with van der Waals surface area (Å²) in [7, 11) is -5.02. The molecule has 0 aliphatic heterocycles. The monoisotopic (exact) mass is 288 g/mol. The standard InChI is InChI=1S/C11H6ClFO4S/c12-11(15)8-5-9(18(13,16)17)6-3-1-2-4-7(6)10(8)14/h1-5,14H. The predicted octanol–water partition coefficient (Wildman–Crippen LogP) is 2.58. The molecule has 0 aromatic heterocycles. The topological polar surface area (TPSA) is 71.4 Å². The van der Waals surface area contributed by atoms with Crippen molar-refractivity contribution in [3.8, 4) is 5.75 Å². The van der Waals surface area contributed by atoms with Gasteiger partial charge in [-0.25, -0.2) is 0 Å². The second-order valence-electron chi connectivity index (χ2n) is 3.53. The van der Waals surface area contributed by atoms with Crippen molar-refractivity contribution < 1.29 is 22.2 Å². The molecule has 0 fully saturated rings. The summed E-state index contributed by atoms with van der Waals surface area (Å²) in [5.41, 5.74) is -0.452. The molecule has 0 heterocycles. The van der Waals surface area contributed by atoms with Gasteiger partial charge in [0, 0.05) is 10.8 Å². The van der Waals surface area contributed by atoms with Gasteiger partial charge < -0.3 is 5.11 Å². The summed E-state index contributed by atoms with van der Waals surface area (Å²) in [4.78, 5) is 10.4. The minimum atomic E-state index is -5.02. The Morgan fingerprint density at radius 3 is 2.28 bits per heavy atom. The van der Waals surface area contributed by atoms with Crippen LogP contribution in [-0.2, 0) is 10.2 Å². The summed E-state index contributed by atoms with van der Waals surface area (Å²) in [6.45, 7) is 0. The normalized spacial score (nSPS) is 11.7. The number of phenols is 1. The first-order valence-corrected chi connectivity index (χ1v) is 6.47. The van der Waals surface area contributed by atoms with Crippen LogP contribution in [0.15, 0.2) is 35.2 Å². The Labute approximate surface area is 107 Å². The van der Waals surface area contributed by atoms with Gasteiger partial charge >= 0.3 is 10.2 Å². The zero-order chi connectivity index (χ0) is 13.5. The highest BCUT2D eigenvalue weighted by Gasteiger charge is 2.22. The number of benzene rings is 2. The quantitative estimate of drug-likeness (QED) is 0.862. The van der Waals surface area contributed by atoms with Gasteiger partial charge in [-0.05, 0) is 17.7 Å². The summed E-state index contributed by atoms with van der Waals surface area (Å²) in [6.07, 6.45) is 0. The van der Waals surface area contributed by atoms with Crippen LogP contribution in [0.4, 0.5) is 3.89 Å². The van der Waals surface area contributed by atoms with E-state index in [0.29, 0.717) is 0 Å². The number of halogens is 2. The summed E-state index contributed by atoms with van der Waals surface area (Å²) < 4.78 is 35.2. The fourth-order valence-electron chi connectivity index (χ4n) is 1.68. The molecule has 18 heavy (non-hydrogen) atoms. The summed E-state index contributed by atoms with van der Waals surface area (Å²) in [5, 5.41) is 8.75. The number of carbonyl (C=O) groups is 1. The molecule has 0 radical (unpaired) electrons. The molecule has 94 valence electrons. The maximum atomic E-state index is 13.2. The van der Waals surface area contributed by atoms with Gasteiger partial charge in [0.25, 0.3) is 5.24 Å². The second kappa shape index (κ2) is 4.22. The van der Waals surface area contributed by atoms with E-state index in [1.807, 2.05) is 0 Å².